The lowest BCUT2D eigenvalue weighted by Crippen LogP contribution is -2.29. The Morgan fingerprint density at radius 3 is 1.95 bits per heavy atom. The molecule has 0 unspecified atom stereocenters. The highest BCUT2D eigenvalue weighted by atomic mass is 16.5. The summed E-state index contributed by atoms with van der Waals surface area (Å²) in [6.07, 6.45) is 5.60. The van der Waals surface area contributed by atoms with Gasteiger partial charge in [0, 0.05) is 23.7 Å². The van der Waals surface area contributed by atoms with Crippen LogP contribution in [0, 0.1) is 0 Å². The second-order valence-corrected chi connectivity index (χ2v) is 7.86. The molecule has 0 fully saturated rings. The molecule has 1 aliphatic heterocycles. The number of benzene rings is 2. The number of para-hydroxylation sites is 1. The number of hydrogen-bond donors (Lipinski definition) is 0. The maximum absolute atomic E-state index is 13.2. The first-order chi connectivity index (χ1) is 18.4. The number of carbonyl (C=O) groups is 3. The van der Waals surface area contributed by atoms with Gasteiger partial charge in [0.2, 0.25) is 0 Å². The van der Waals surface area contributed by atoms with Crippen LogP contribution in [0.5, 0.6) is 11.5 Å². The molecule has 0 N–H and O–H groups in total. The Balaban J connectivity index is 2.12. The summed E-state index contributed by atoms with van der Waals surface area (Å²) in [5, 5.41) is 0. The average Bonchev–Trinajstić information content (AvgIpc) is 2.93. The molecule has 0 radical (unpaired) electrons. The topological polar surface area (TPSA) is 101 Å². The summed E-state index contributed by atoms with van der Waals surface area (Å²) < 4.78 is 26.6. The van der Waals surface area contributed by atoms with Gasteiger partial charge in [0.1, 0.15) is 11.5 Å². The molecule has 0 saturated carbocycles. The van der Waals surface area contributed by atoms with Gasteiger partial charge in [0.25, 0.3) is 0 Å². The van der Waals surface area contributed by atoms with Crippen molar-refractivity contribution in [2.75, 3.05) is 31.8 Å². The Kier molecular flexibility index (Phi) is 10.1. The van der Waals surface area contributed by atoms with Crippen molar-refractivity contribution in [3.63, 3.8) is 0 Å². The van der Waals surface area contributed by atoms with Crippen LogP contribution in [0.25, 0.3) is 0 Å². The molecule has 9 heteroatoms. The van der Waals surface area contributed by atoms with Gasteiger partial charge in [-0.15, -0.1) is 0 Å². The zero-order valence-electron chi connectivity index (χ0n) is 21.8. The fourth-order valence-corrected chi connectivity index (χ4v) is 3.84. The summed E-state index contributed by atoms with van der Waals surface area (Å²) >= 11 is 0. The second-order valence-electron chi connectivity index (χ2n) is 7.86. The van der Waals surface area contributed by atoms with Gasteiger partial charge in [-0.1, -0.05) is 18.2 Å². The van der Waals surface area contributed by atoms with Crippen LogP contribution in [-0.2, 0) is 28.6 Å². The molecule has 2 aromatic rings. The third kappa shape index (κ3) is 6.82. The Bertz CT molecular complexity index is 1190. The molecule has 0 spiro atoms. The van der Waals surface area contributed by atoms with Gasteiger partial charge < -0.3 is 28.6 Å². The highest BCUT2D eigenvalue weighted by Gasteiger charge is 2.37. The number of carbonyl (C=O) groups excluding carboxylic acids is 3. The first-order valence-corrected chi connectivity index (χ1v) is 12.2. The van der Waals surface area contributed by atoms with E-state index in [1.165, 1.54) is 6.26 Å². The van der Waals surface area contributed by atoms with Crippen LogP contribution in [0.1, 0.15) is 32.3 Å². The van der Waals surface area contributed by atoms with Crippen molar-refractivity contribution in [2.45, 2.75) is 26.7 Å². The molecule has 0 aliphatic carbocycles. The van der Waals surface area contributed by atoms with Crippen LogP contribution in [0.3, 0.4) is 0 Å². The van der Waals surface area contributed by atoms with Crippen molar-refractivity contribution in [3.8, 4) is 11.5 Å². The molecule has 1 aliphatic rings. The summed E-state index contributed by atoms with van der Waals surface area (Å²) in [7, 11) is 1.57. The lowest BCUT2D eigenvalue weighted by molar-refractivity contribution is -0.140. The molecule has 0 aromatic heterocycles. The molecule has 9 nitrogen and oxygen atoms in total. The number of ether oxygens (including phenoxy) is 5. The summed E-state index contributed by atoms with van der Waals surface area (Å²) in [5.41, 5.74) is 1.61. The molecule has 3 rings (SSSR count). The van der Waals surface area contributed by atoms with E-state index in [0.717, 1.165) is 6.08 Å². The van der Waals surface area contributed by atoms with Crippen LogP contribution >= 0.6 is 0 Å². The van der Waals surface area contributed by atoms with Crippen LogP contribution in [-0.4, -0.2) is 44.8 Å². The number of rotatable bonds is 11. The third-order valence-corrected chi connectivity index (χ3v) is 5.49. The summed E-state index contributed by atoms with van der Waals surface area (Å²) in [4.78, 5) is 39.9. The summed E-state index contributed by atoms with van der Waals surface area (Å²) in [5.74, 6) is -1.62. The molecule has 2 aromatic carbocycles. The minimum atomic E-state index is -0.866. The standard InChI is InChI=1S/C29H31NO8/c1-5-35-26(31)16-17-38-25-11-9-8-10-22(25)27-23(28(32)36-6-2)18-30(19-24(27)29(33)37-7-3)20-12-14-21(34-4)15-13-20/h8-19,27H,5-7H2,1-4H3/b17-16+. The van der Waals surface area contributed by atoms with Crippen LogP contribution in [0.2, 0.25) is 0 Å². The smallest absolute Gasteiger partial charge is 0.336 e. The van der Waals surface area contributed by atoms with Gasteiger partial charge in [-0.25, -0.2) is 14.4 Å². The quantitative estimate of drug-likeness (QED) is 0.181. The molecule has 38 heavy (non-hydrogen) atoms. The monoisotopic (exact) mass is 521 g/mol. The highest BCUT2D eigenvalue weighted by molar-refractivity contribution is 6.00. The lowest BCUT2D eigenvalue weighted by atomic mass is 9.82. The van der Waals surface area contributed by atoms with Gasteiger partial charge in [-0.3, -0.25) is 0 Å². The van der Waals surface area contributed by atoms with Gasteiger partial charge in [-0.2, -0.15) is 0 Å². The maximum Gasteiger partial charge on any atom is 0.336 e. The van der Waals surface area contributed by atoms with E-state index in [-0.39, 0.29) is 31.0 Å². The molecule has 1 heterocycles. The van der Waals surface area contributed by atoms with Crippen LogP contribution in [0.4, 0.5) is 5.69 Å². The van der Waals surface area contributed by atoms with Crippen molar-refractivity contribution in [1.29, 1.82) is 0 Å². The first kappa shape index (κ1) is 28.0. The first-order valence-electron chi connectivity index (χ1n) is 12.2. The van der Waals surface area contributed by atoms with E-state index < -0.39 is 23.8 Å². The highest BCUT2D eigenvalue weighted by Crippen LogP contribution is 2.42. The fourth-order valence-electron chi connectivity index (χ4n) is 3.84. The largest absolute Gasteiger partial charge is 0.497 e. The van der Waals surface area contributed by atoms with E-state index in [0.29, 0.717) is 22.7 Å². The Labute approximate surface area is 221 Å². The minimum Gasteiger partial charge on any atom is -0.497 e. The van der Waals surface area contributed by atoms with E-state index in [4.69, 9.17) is 23.7 Å². The molecular formula is C29H31NO8. The van der Waals surface area contributed by atoms with Crippen LogP contribution in [0.15, 0.2) is 84.4 Å². The SMILES string of the molecule is CCOC(=O)/C=C/Oc1ccccc1C1C(C(=O)OCC)=CN(c2ccc(OC)cc2)C=C1C(=O)OCC. The number of hydrogen-bond acceptors (Lipinski definition) is 9. The minimum absolute atomic E-state index is 0.143. The molecule has 200 valence electrons. The second kappa shape index (κ2) is 13.7. The van der Waals surface area contributed by atoms with Gasteiger partial charge in [0.05, 0.1) is 56.3 Å². The third-order valence-electron chi connectivity index (χ3n) is 5.49. The normalized spacial score (nSPS) is 13.4. The van der Waals surface area contributed by atoms with Crippen molar-refractivity contribution < 1.29 is 38.1 Å². The van der Waals surface area contributed by atoms with Crippen molar-refractivity contribution in [1.82, 2.24) is 0 Å². The van der Waals surface area contributed by atoms with Gasteiger partial charge in [0.15, 0.2) is 0 Å². The van der Waals surface area contributed by atoms with Crippen molar-refractivity contribution >= 4 is 23.6 Å². The molecular weight excluding hydrogens is 490 g/mol. The number of anilines is 1. The fraction of sp³-hybridized carbons (Fsp3) is 0.276. The lowest BCUT2D eigenvalue weighted by Gasteiger charge is -2.31. The molecule has 0 atom stereocenters. The number of esters is 3. The Morgan fingerprint density at radius 1 is 0.816 bits per heavy atom. The number of methoxy groups -OCH3 is 1. The van der Waals surface area contributed by atoms with Crippen molar-refractivity contribution in [2.24, 2.45) is 0 Å². The van der Waals surface area contributed by atoms with Crippen molar-refractivity contribution in [3.05, 3.63) is 90.0 Å². The van der Waals surface area contributed by atoms with Gasteiger partial charge in [-0.05, 0) is 51.1 Å². The van der Waals surface area contributed by atoms with E-state index >= 15 is 0 Å². The van der Waals surface area contributed by atoms with E-state index in [2.05, 4.69) is 0 Å². The molecule has 0 bridgehead atoms. The Morgan fingerprint density at radius 2 is 1.39 bits per heavy atom. The number of nitrogens with zero attached hydrogens (tertiary/aromatic N) is 1. The predicted octanol–water partition coefficient (Wildman–Crippen LogP) is 4.65. The van der Waals surface area contributed by atoms with Crippen LogP contribution < -0.4 is 14.4 Å². The Hall–Kier alpha value is -4.53. The van der Waals surface area contributed by atoms with Gasteiger partial charge >= 0.3 is 17.9 Å². The summed E-state index contributed by atoms with van der Waals surface area (Å²) in [6, 6.07) is 14.1. The van der Waals surface area contributed by atoms with E-state index in [9.17, 15) is 14.4 Å². The average molecular weight is 522 g/mol. The molecule has 0 amide bonds. The molecule has 0 saturated heterocycles. The zero-order chi connectivity index (χ0) is 27.5. The van der Waals surface area contributed by atoms with E-state index in [1.54, 1.807) is 93.7 Å². The predicted molar refractivity (Wildman–Crippen MR) is 140 cm³/mol. The maximum atomic E-state index is 13.2. The zero-order valence-corrected chi connectivity index (χ0v) is 21.8. The van der Waals surface area contributed by atoms with E-state index in [1.807, 2.05) is 0 Å². The summed E-state index contributed by atoms with van der Waals surface area (Å²) in [6.45, 7) is 5.63.